The standard InChI is InChI=1S/C16H17N3O2/c1-20-13-7-2-3-8-14(13)21-16-11(15(17)18)9-10-5-4-6-12(10)19-16/h2-3,7-9H,4-6H2,1H3,(H3,17,18). The molecule has 1 aromatic heterocycles. The molecular weight excluding hydrogens is 266 g/mol. The Morgan fingerprint density at radius 1 is 1.24 bits per heavy atom. The number of rotatable bonds is 4. The summed E-state index contributed by atoms with van der Waals surface area (Å²) in [7, 11) is 1.59. The number of pyridine rings is 1. The van der Waals surface area contributed by atoms with Crippen molar-refractivity contribution >= 4 is 5.84 Å². The van der Waals surface area contributed by atoms with E-state index < -0.39 is 0 Å². The van der Waals surface area contributed by atoms with E-state index in [2.05, 4.69) is 4.98 Å². The van der Waals surface area contributed by atoms with Crippen molar-refractivity contribution in [1.82, 2.24) is 4.98 Å². The van der Waals surface area contributed by atoms with Crippen LogP contribution in [0.4, 0.5) is 0 Å². The summed E-state index contributed by atoms with van der Waals surface area (Å²) in [5, 5.41) is 7.73. The second-order valence-electron chi connectivity index (χ2n) is 4.97. The Morgan fingerprint density at radius 3 is 2.71 bits per heavy atom. The van der Waals surface area contributed by atoms with Crippen LogP contribution in [0.25, 0.3) is 0 Å². The first-order chi connectivity index (χ1) is 10.2. The minimum Gasteiger partial charge on any atom is -0.493 e. The molecular formula is C16H17N3O2. The fraction of sp³-hybridized carbons (Fsp3) is 0.250. The highest BCUT2D eigenvalue weighted by Crippen LogP contribution is 2.33. The number of amidine groups is 1. The fourth-order valence-corrected chi connectivity index (χ4v) is 2.53. The van der Waals surface area contributed by atoms with Gasteiger partial charge in [0.2, 0.25) is 5.88 Å². The van der Waals surface area contributed by atoms with Crippen LogP contribution in [0.1, 0.15) is 23.2 Å². The van der Waals surface area contributed by atoms with Crippen LogP contribution in [0.3, 0.4) is 0 Å². The molecule has 1 heterocycles. The zero-order chi connectivity index (χ0) is 14.8. The van der Waals surface area contributed by atoms with Gasteiger partial charge in [0.25, 0.3) is 0 Å². The van der Waals surface area contributed by atoms with Gasteiger partial charge in [0.05, 0.1) is 12.7 Å². The third kappa shape index (κ3) is 2.54. The maximum atomic E-state index is 7.73. The van der Waals surface area contributed by atoms with Gasteiger partial charge in [0.1, 0.15) is 5.84 Å². The van der Waals surface area contributed by atoms with Crippen LogP contribution in [0, 0.1) is 5.41 Å². The Balaban J connectivity index is 2.03. The van der Waals surface area contributed by atoms with Gasteiger partial charge in [0, 0.05) is 5.69 Å². The van der Waals surface area contributed by atoms with E-state index in [0.29, 0.717) is 22.9 Å². The molecule has 0 bridgehead atoms. The number of aryl methyl sites for hydroxylation is 2. The number of methoxy groups -OCH3 is 1. The van der Waals surface area contributed by atoms with Crippen LogP contribution < -0.4 is 15.2 Å². The number of ether oxygens (including phenoxy) is 2. The Hall–Kier alpha value is -2.56. The summed E-state index contributed by atoms with van der Waals surface area (Å²) in [5.41, 5.74) is 8.39. The maximum Gasteiger partial charge on any atom is 0.230 e. The van der Waals surface area contributed by atoms with E-state index in [-0.39, 0.29) is 5.84 Å². The molecule has 5 heteroatoms. The molecule has 1 aliphatic rings. The highest BCUT2D eigenvalue weighted by atomic mass is 16.5. The van der Waals surface area contributed by atoms with Crippen LogP contribution in [-0.4, -0.2) is 17.9 Å². The van der Waals surface area contributed by atoms with Gasteiger partial charge in [-0.1, -0.05) is 12.1 Å². The molecule has 108 valence electrons. The average molecular weight is 283 g/mol. The summed E-state index contributed by atoms with van der Waals surface area (Å²) in [6.45, 7) is 0. The number of para-hydroxylation sites is 2. The normalized spacial score (nSPS) is 12.8. The number of nitrogens with one attached hydrogen (secondary N) is 1. The molecule has 0 fully saturated rings. The van der Waals surface area contributed by atoms with E-state index in [0.717, 1.165) is 30.5 Å². The van der Waals surface area contributed by atoms with E-state index in [1.165, 1.54) is 0 Å². The number of hydrogen-bond acceptors (Lipinski definition) is 4. The van der Waals surface area contributed by atoms with Crippen LogP contribution in [0.5, 0.6) is 17.4 Å². The Morgan fingerprint density at radius 2 is 2.00 bits per heavy atom. The molecule has 21 heavy (non-hydrogen) atoms. The van der Waals surface area contributed by atoms with Gasteiger partial charge in [-0.15, -0.1) is 0 Å². The van der Waals surface area contributed by atoms with E-state index in [1.807, 2.05) is 24.3 Å². The van der Waals surface area contributed by atoms with Gasteiger partial charge in [-0.25, -0.2) is 4.98 Å². The summed E-state index contributed by atoms with van der Waals surface area (Å²) < 4.78 is 11.1. The van der Waals surface area contributed by atoms with Crippen molar-refractivity contribution in [3.63, 3.8) is 0 Å². The van der Waals surface area contributed by atoms with E-state index >= 15 is 0 Å². The van der Waals surface area contributed by atoms with E-state index in [1.54, 1.807) is 13.2 Å². The van der Waals surface area contributed by atoms with Gasteiger partial charge in [0.15, 0.2) is 11.5 Å². The third-order valence-electron chi connectivity index (χ3n) is 3.58. The molecule has 3 rings (SSSR count). The van der Waals surface area contributed by atoms with Gasteiger partial charge < -0.3 is 15.2 Å². The molecule has 0 unspecified atom stereocenters. The van der Waals surface area contributed by atoms with Crippen LogP contribution in [-0.2, 0) is 12.8 Å². The molecule has 0 atom stereocenters. The number of benzene rings is 1. The molecule has 3 N–H and O–H groups in total. The molecule has 0 aliphatic heterocycles. The highest BCUT2D eigenvalue weighted by molar-refractivity contribution is 5.97. The van der Waals surface area contributed by atoms with Crippen molar-refractivity contribution < 1.29 is 9.47 Å². The monoisotopic (exact) mass is 283 g/mol. The molecule has 0 amide bonds. The second-order valence-corrected chi connectivity index (χ2v) is 4.97. The van der Waals surface area contributed by atoms with Gasteiger partial charge in [-0.3, -0.25) is 5.41 Å². The number of nitrogens with zero attached hydrogens (tertiary/aromatic N) is 1. The van der Waals surface area contributed by atoms with E-state index in [9.17, 15) is 0 Å². The van der Waals surface area contributed by atoms with Crippen molar-refractivity contribution in [2.24, 2.45) is 5.73 Å². The number of aromatic nitrogens is 1. The van der Waals surface area contributed by atoms with Gasteiger partial charge in [-0.05, 0) is 43.0 Å². The summed E-state index contributed by atoms with van der Waals surface area (Å²) in [6, 6.07) is 9.27. The van der Waals surface area contributed by atoms with Crippen molar-refractivity contribution in [1.29, 1.82) is 5.41 Å². The summed E-state index contributed by atoms with van der Waals surface area (Å²) in [4.78, 5) is 4.55. The zero-order valence-electron chi connectivity index (χ0n) is 11.8. The average Bonchev–Trinajstić information content (AvgIpc) is 2.94. The van der Waals surface area contributed by atoms with Crippen molar-refractivity contribution in [3.8, 4) is 17.4 Å². The lowest BCUT2D eigenvalue weighted by molar-refractivity contribution is 0.373. The minimum atomic E-state index is -0.0397. The molecule has 0 saturated carbocycles. The Kier molecular flexibility index (Phi) is 3.48. The number of fused-ring (bicyclic) bond motifs is 1. The predicted molar refractivity (Wildman–Crippen MR) is 80.3 cm³/mol. The van der Waals surface area contributed by atoms with Crippen LogP contribution in [0.2, 0.25) is 0 Å². The van der Waals surface area contributed by atoms with Crippen molar-refractivity contribution in [3.05, 3.63) is 47.2 Å². The van der Waals surface area contributed by atoms with Crippen LogP contribution in [0.15, 0.2) is 30.3 Å². The molecule has 2 aromatic rings. The first-order valence-corrected chi connectivity index (χ1v) is 6.87. The summed E-state index contributed by atoms with van der Waals surface area (Å²) in [5.74, 6) is 1.51. The van der Waals surface area contributed by atoms with E-state index in [4.69, 9.17) is 20.6 Å². The molecule has 0 spiro atoms. The third-order valence-corrected chi connectivity index (χ3v) is 3.58. The second kappa shape index (κ2) is 5.44. The minimum absolute atomic E-state index is 0.0397. The lowest BCUT2D eigenvalue weighted by Crippen LogP contribution is -2.14. The molecule has 1 aliphatic carbocycles. The largest absolute Gasteiger partial charge is 0.493 e. The predicted octanol–water partition coefficient (Wildman–Crippen LogP) is 2.66. The van der Waals surface area contributed by atoms with Crippen molar-refractivity contribution in [2.75, 3.05) is 7.11 Å². The smallest absolute Gasteiger partial charge is 0.230 e. The number of nitrogen functional groups attached to an aromatic ring is 1. The van der Waals surface area contributed by atoms with Gasteiger partial charge in [-0.2, -0.15) is 0 Å². The Labute approximate surface area is 123 Å². The lowest BCUT2D eigenvalue weighted by atomic mass is 10.1. The Bertz CT molecular complexity index is 698. The first kappa shape index (κ1) is 13.4. The zero-order valence-corrected chi connectivity index (χ0v) is 11.8. The van der Waals surface area contributed by atoms with Gasteiger partial charge >= 0.3 is 0 Å². The quantitative estimate of drug-likeness (QED) is 0.667. The lowest BCUT2D eigenvalue weighted by Gasteiger charge is -2.13. The topological polar surface area (TPSA) is 81.2 Å². The van der Waals surface area contributed by atoms with Crippen LogP contribution >= 0.6 is 0 Å². The SMILES string of the molecule is COc1ccccc1Oc1nc2c(cc1C(=N)N)CCC2. The molecule has 0 radical (unpaired) electrons. The summed E-state index contributed by atoms with van der Waals surface area (Å²) in [6.07, 6.45) is 3.01. The maximum absolute atomic E-state index is 7.73. The molecule has 5 nitrogen and oxygen atoms in total. The molecule has 1 aromatic carbocycles. The highest BCUT2D eigenvalue weighted by Gasteiger charge is 2.19. The van der Waals surface area contributed by atoms with Crippen molar-refractivity contribution in [2.45, 2.75) is 19.3 Å². The fourth-order valence-electron chi connectivity index (χ4n) is 2.53. The number of nitrogens with two attached hydrogens (primary N) is 1. The molecule has 0 saturated heterocycles. The first-order valence-electron chi connectivity index (χ1n) is 6.87. The summed E-state index contributed by atoms with van der Waals surface area (Å²) >= 11 is 0. The number of hydrogen-bond donors (Lipinski definition) is 2.